The fourth-order valence-electron chi connectivity index (χ4n) is 1.65. The van der Waals surface area contributed by atoms with Gasteiger partial charge in [-0.1, -0.05) is 0 Å². The van der Waals surface area contributed by atoms with Crippen LogP contribution in [0.2, 0.25) is 0 Å². The number of morpholine rings is 1. The van der Waals surface area contributed by atoms with Crippen LogP contribution in [-0.4, -0.2) is 37.1 Å². The molecule has 2 rings (SSSR count). The van der Waals surface area contributed by atoms with Crippen molar-refractivity contribution < 1.29 is 13.9 Å². The summed E-state index contributed by atoms with van der Waals surface area (Å²) in [6.07, 6.45) is 1.98. The Kier molecular flexibility index (Phi) is 3.06. The molecule has 0 radical (unpaired) electrons. The van der Waals surface area contributed by atoms with Crippen LogP contribution >= 0.6 is 0 Å². The number of amides is 1. The highest BCUT2D eigenvalue weighted by Crippen LogP contribution is 2.11. The fraction of sp³-hybridized carbons (Fsp3) is 0.545. The van der Waals surface area contributed by atoms with Crippen LogP contribution in [0.3, 0.4) is 0 Å². The van der Waals surface area contributed by atoms with Gasteiger partial charge in [0.25, 0.3) is 0 Å². The smallest absolute Gasteiger partial charge is 0.230 e. The number of rotatable bonds is 2. The van der Waals surface area contributed by atoms with Gasteiger partial charge in [-0.25, -0.2) is 0 Å². The first-order valence-electron chi connectivity index (χ1n) is 5.16. The Morgan fingerprint density at radius 3 is 2.80 bits per heavy atom. The van der Waals surface area contributed by atoms with Crippen molar-refractivity contribution in [3.63, 3.8) is 0 Å². The van der Waals surface area contributed by atoms with E-state index in [1.807, 2.05) is 17.9 Å². The minimum absolute atomic E-state index is 0.122. The predicted octanol–water partition coefficient (Wildman–Crippen LogP) is 0.989. The molecule has 1 fully saturated rings. The number of carbonyl (C=O) groups excluding carboxylic acids is 1. The molecule has 15 heavy (non-hydrogen) atoms. The highest BCUT2D eigenvalue weighted by molar-refractivity contribution is 5.78. The summed E-state index contributed by atoms with van der Waals surface area (Å²) < 4.78 is 10.4. The molecule has 1 saturated heterocycles. The molecule has 0 spiro atoms. The van der Waals surface area contributed by atoms with Gasteiger partial charge < -0.3 is 14.1 Å². The van der Waals surface area contributed by atoms with Gasteiger partial charge in [0.1, 0.15) is 5.76 Å². The molecule has 1 aromatic heterocycles. The van der Waals surface area contributed by atoms with E-state index < -0.39 is 0 Å². The Bertz CT molecular complexity index is 339. The number of hydrogen-bond acceptors (Lipinski definition) is 3. The Hall–Kier alpha value is -1.29. The molecule has 0 bridgehead atoms. The van der Waals surface area contributed by atoms with E-state index in [4.69, 9.17) is 9.15 Å². The van der Waals surface area contributed by atoms with Gasteiger partial charge in [-0.05, 0) is 18.6 Å². The second kappa shape index (κ2) is 4.49. The Morgan fingerprint density at radius 1 is 1.47 bits per heavy atom. The molecule has 0 unspecified atom stereocenters. The SMILES string of the molecule is Cc1ccoc1CC(=O)N1CCOCC1. The van der Waals surface area contributed by atoms with Crippen LogP contribution in [0.4, 0.5) is 0 Å². The number of carbonyl (C=O) groups is 1. The summed E-state index contributed by atoms with van der Waals surface area (Å²) in [6, 6.07) is 1.88. The van der Waals surface area contributed by atoms with Crippen molar-refractivity contribution in [3.05, 3.63) is 23.7 Å². The first-order valence-corrected chi connectivity index (χ1v) is 5.16. The quantitative estimate of drug-likeness (QED) is 0.729. The van der Waals surface area contributed by atoms with E-state index in [0.29, 0.717) is 32.7 Å². The van der Waals surface area contributed by atoms with E-state index in [1.165, 1.54) is 0 Å². The zero-order valence-electron chi connectivity index (χ0n) is 8.86. The molecule has 4 heteroatoms. The molecule has 0 aromatic carbocycles. The molecule has 1 amide bonds. The first kappa shape index (κ1) is 10.2. The zero-order valence-corrected chi connectivity index (χ0v) is 8.86. The molecular weight excluding hydrogens is 194 g/mol. The standard InChI is InChI=1S/C11H15NO3/c1-9-2-5-15-10(9)8-11(13)12-3-6-14-7-4-12/h2,5H,3-4,6-8H2,1H3. The molecule has 0 saturated carbocycles. The lowest BCUT2D eigenvalue weighted by molar-refractivity contribution is -0.134. The van der Waals surface area contributed by atoms with Crippen molar-refractivity contribution >= 4 is 5.91 Å². The number of nitrogens with zero attached hydrogens (tertiary/aromatic N) is 1. The summed E-state index contributed by atoms with van der Waals surface area (Å²) in [5.41, 5.74) is 1.04. The summed E-state index contributed by atoms with van der Waals surface area (Å²) in [7, 11) is 0. The van der Waals surface area contributed by atoms with Crippen molar-refractivity contribution in [2.24, 2.45) is 0 Å². The van der Waals surface area contributed by atoms with E-state index in [1.54, 1.807) is 6.26 Å². The molecular formula is C11H15NO3. The number of ether oxygens (including phenoxy) is 1. The van der Waals surface area contributed by atoms with Gasteiger partial charge in [0.2, 0.25) is 5.91 Å². The van der Waals surface area contributed by atoms with Gasteiger partial charge in [-0.3, -0.25) is 4.79 Å². The van der Waals surface area contributed by atoms with Gasteiger partial charge in [0.15, 0.2) is 0 Å². The number of aryl methyl sites for hydroxylation is 1. The topological polar surface area (TPSA) is 42.7 Å². The van der Waals surface area contributed by atoms with Gasteiger partial charge >= 0.3 is 0 Å². The maximum Gasteiger partial charge on any atom is 0.230 e. The maximum absolute atomic E-state index is 11.8. The Balaban J connectivity index is 1.94. The maximum atomic E-state index is 11.8. The normalized spacial score (nSPS) is 16.7. The lowest BCUT2D eigenvalue weighted by Gasteiger charge is -2.26. The molecule has 82 valence electrons. The lowest BCUT2D eigenvalue weighted by atomic mass is 10.2. The van der Waals surface area contributed by atoms with Crippen LogP contribution in [0.25, 0.3) is 0 Å². The van der Waals surface area contributed by atoms with Crippen molar-refractivity contribution in [3.8, 4) is 0 Å². The minimum Gasteiger partial charge on any atom is -0.469 e. The molecule has 1 aliphatic rings. The third kappa shape index (κ3) is 2.39. The van der Waals surface area contributed by atoms with Gasteiger partial charge in [-0.15, -0.1) is 0 Å². The lowest BCUT2D eigenvalue weighted by Crippen LogP contribution is -2.41. The van der Waals surface area contributed by atoms with Crippen LogP contribution in [0.5, 0.6) is 0 Å². The average Bonchev–Trinajstić information content (AvgIpc) is 2.66. The highest BCUT2D eigenvalue weighted by Gasteiger charge is 2.18. The van der Waals surface area contributed by atoms with Crippen molar-refractivity contribution in [1.82, 2.24) is 4.90 Å². The van der Waals surface area contributed by atoms with Gasteiger partial charge in [-0.2, -0.15) is 0 Å². The van der Waals surface area contributed by atoms with Crippen molar-refractivity contribution in [1.29, 1.82) is 0 Å². The highest BCUT2D eigenvalue weighted by atomic mass is 16.5. The van der Waals surface area contributed by atoms with Crippen molar-refractivity contribution in [2.75, 3.05) is 26.3 Å². The van der Waals surface area contributed by atoms with Crippen LogP contribution in [0, 0.1) is 6.92 Å². The summed E-state index contributed by atoms with van der Waals surface area (Å²) in [4.78, 5) is 13.7. The summed E-state index contributed by atoms with van der Waals surface area (Å²) in [5, 5.41) is 0. The molecule has 0 atom stereocenters. The van der Waals surface area contributed by atoms with Crippen LogP contribution < -0.4 is 0 Å². The molecule has 1 aliphatic heterocycles. The second-order valence-electron chi connectivity index (χ2n) is 3.70. The largest absolute Gasteiger partial charge is 0.469 e. The molecule has 1 aromatic rings. The van der Waals surface area contributed by atoms with Crippen LogP contribution in [0.15, 0.2) is 16.7 Å². The third-order valence-corrected chi connectivity index (χ3v) is 2.64. The Labute approximate surface area is 88.8 Å². The second-order valence-corrected chi connectivity index (χ2v) is 3.70. The zero-order chi connectivity index (χ0) is 10.7. The molecule has 2 heterocycles. The predicted molar refractivity (Wildman–Crippen MR) is 54.5 cm³/mol. The number of hydrogen-bond donors (Lipinski definition) is 0. The van der Waals surface area contributed by atoms with Crippen molar-refractivity contribution in [2.45, 2.75) is 13.3 Å². The fourth-order valence-corrected chi connectivity index (χ4v) is 1.65. The first-order chi connectivity index (χ1) is 7.27. The van der Waals surface area contributed by atoms with Gasteiger partial charge in [0, 0.05) is 13.1 Å². The van der Waals surface area contributed by atoms with E-state index in [-0.39, 0.29) is 5.91 Å². The van der Waals surface area contributed by atoms with E-state index in [9.17, 15) is 4.79 Å². The Morgan fingerprint density at radius 2 is 2.20 bits per heavy atom. The van der Waals surface area contributed by atoms with E-state index >= 15 is 0 Å². The van der Waals surface area contributed by atoms with Gasteiger partial charge in [0.05, 0.1) is 25.9 Å². The average molecular weight is 209 g/mol. The van der Waals surface area contributed by atoms with Crippen LogP contribution in [0.1, 0.15) is 11.3 Å². The number of furan rings is 1. The molecule has 0 N–H and O–H groups in total. The summed E-state index contributed by atoms with van der Waals surface area (Å²) in [5.74, 6) is 0.892. The summed E-state index contributed by atoms with van der Waals surface area (Å²) in [6.45, 7) is 4.62. The summed E-state index contributed by atoms with van der Waals surface area (Å²) >= 11 is 0. The monoisotopic (exact) mass is 209 g/mol. The minimum atomic E-state index is 0.122. The molecule has 4 nitrogen and oxygen atoms in total. The van der Waals surface area contributed by atoms with E-state index in [2.05, 4.69) is 0 Å². The molecule has 0 aliphatic carbocycles. The van der Waals surface area contributed by atoms with E-state index in [0.717, 1.165) is 11.3 Å². The third-order valence-electron chi connectivity index (χ3n) is 2.64. The van der Waals surface area contributed by atoms with Crippen LogP contribution in [-0.2, 0) is 16.0 Å².